The zero-order chi connectivity index (χ0) is 15.4. The van der Waals surface area contributed by atoms with Gasteiger partial charge in [-0.3, -0.25) is 9.69 Å². The van der Waals surface area contributed by atoms with Gasteiger partial charge in [0.15, 0.2) is 0 Å². The fourth-order valence-electron chi connectivity index (χ4n) is 2.98. The Morgan fingerprint density at radius 1 is 1.14 bits per heavy atom. The molecule has 1 saturated heterocycles. The van der Waals surface area contributed by atoms with Crippen molar-refractivity contribution in [1.29, 1.82) is 0 Å². The molecule has 0 saturated carbocycles. The summed E-state index contributed by atoms with van der Waals surface area (Å²) in [5, 5.41) is 3.07. The van der Waals surface area contributed by atoms with Gasteiger partial charge in [0.05, 0.1) is 5.92 Å². The summed E-state index contributed by atoms with van der Waals surface area (Å²) in [5.41, 5.74) is 3.34. The SMILES string of the molecule is Cc1ccccc1NC(=O)C1CCN(Cc2ccccc2)C1. The number of nitrogens with one attached hydrogen (secondary N) is 1. The van der Waals surface area contributed by atoms with Crippen molar-refractivity contribution in [2.45, 2.75) is 19.9 Å². The van der Waals surface area contributed by atoms with Gasteiger partial charge in [-0.1, -0.05) is 48.5 Å². The van der Waals surface area contributed by atoms with Gasteiger partial charge in [0.25, 0.3) is 0 Å². The standard InChI is InChI=1S/C19H22N2O/c1-15-7-5-6-10-18(15)20-19(22)17-11-12-21(14-17)13-16-8-3-2-4-9-16/h2-10,17H,11-14H2,1H3,(H,20,22). The van der Waals surface area contributed by atoms with E-state index in [-0.39, 0.29) is 11.8 Å². The number of anilines is 1. The Balaban J connectivity index is 1.56. The first-order chi connectivity index (χ1) is 10.7. The summed E-state index contributed by atoms with van der Waals surface area (Å²) in [6.07, 6.45) is 0.935. The first-order valence-electron chi connectivity index (χ1n) is 7.85. The lowest BCUT2D eigenvalue weighted by atomic mass is 10.1. The summed E-state index contributed by atoms with van der Waals surface area (Å²) in [5.74, 6) is 0.230. The number of likely N-dealkylation sites (tertiary alicyclic amines) is 1. The lowest BCUT2D eigenvalue weighted by Crippen LogP contribution is -2.27. The summed E-state index contributed by atoms with van der Waals surface area (Å²) in [6.45, 7) is 4.77. The predicted molar refractivity (Wildman–Crippen MR) is 89.6 cm³/mol. The van der Waals surface area contributed by atoms with E-state index in [4.69, 9.17) is 0 Å². The Labute approximate surface area is 132 Å². The molecule has 1 heterocycles. The number of hydrogen-bond donors (Lipinski definition) is 1. The van der Waals surface area contributed by atoms with Crippen molar-refractivity contribution in [3.05, 3.63) is 65.7 Å². The van der Waals surface area contributed by atoms with E-state index in [0.29, 0.717) is 0 Å². The van der Waals surface area contributed by atoms with Crippen molar-refractivity contribution in [3.63, 3.8) is 0 Å². The van der Waals surface area contributed by atoms with Gasteiger partial charge in [-0.2, -0.15) is 0 Å². The molecule has 0 aromatic heterocycles. The molecule has 2 aromatic rings. The van der Waals surface area contributed by atoms with Crippen LogP contribution in [0.4, 0.5) is 5.69 Å². The second-order valence-electron chi connectivity index (χ2n) is 6.01. The minimum absolute atomic E-state index is 0.0864. The molecule has 2 aromatic carbocycles. The smallest absolute Gasteiger partial charge is 0.228 e. The zero-order valence-electron chi connectivity index (χ0n) is 13.0. The topological polar surface area (TPSA) is 32.3 Å². The quantitative estimate of drug-likeness (QED) is 0.936. The maximum Gasteiger partial charge on any atom is 0.228 e. The number of hydrogen-bond acceptors (Lipinski definition) is 2. The number of amides is 1. The van der Waals surface area contributed by atoms with Gasteiger partial charge in [-0.15, -0.1) is 0 Å². The molecule has 3 nitrogen and oxygen atoms in total. The van der Waals surface area contributed by atoms with Crippen molar-refractivity contribution in [3.8, 4) is 0 Å². The van der Waals surface area contributed by atoms with Gasteiger partial charge in [0.1, 0.15) is 0 Å². The van der Waals surface area contributed by atoms with E-state index in [1.807, 2.05) is 37.3 Å². The van der Waals surface area contributed by atoms with E-state index >= 15 is 0 Å². The third kappa shape index (κ3) is 3.55. The molecular formula is C19H22N2O. The third-order valence-electron chi connectivity index (χ3n) is 4.30. The molecule has 0 bridgehead atoms. The molecule has 1 aliphatic rings. The number of carbonyl (C=O) groups excluding carboxylic acids is 1. The molecule has 1 atom stereocenters. The normalized spacial score (nSPS) is 18.3. The fraction of sp³-hybridized carbons (Fsp3) is 0.316. The molecule has 0 spiro atoms. The predicted octanol–water partition coefficient (Wildman–Crippen LogP) is 3.46. The van der Waals surface area contributed by atoms with Gasteiger partial charge < -0.3 is 5.32 Å². The van der Waals surface area contributed by atoms with Gasteiger partial charge in [-0.05, 0) is 37.1 Å². The van der Waals surface area contributed by atoms with Crippen molar-refractivity contribution < 1.29 is 4.79 Å². The van der Waals surface area contributed by atoms with E-state index in [1.54, 1.807) is 0 Å². The van der Waals surface area contributed by atoms with Gasteiger partial charge in [-0.25, -0.2) is 0 Å². The van der Waals surface area contributed by atoms with Crippen LogP contribution >= 0.6 is 0 Å². The monoisotopic (exact) mass is 294 g/mol. The molecule has 1 amide bonds. The fourth-order valence-corrected chi connectivity index (χ4v) is 2.98. The molecule has 1 aliphatic heterocycles. The number of para-hydroxylation sites is 1. The van der Waals surface area contributed by atoms with E-state index < -0.39 is 0 Å². The highest BCUT2D eigenvalue weighted by Gasteiger charge is 2.28. The number of carbonyl (C=O) groups is 1. The molecular weight excluding hydrogens is 272 g/mol. The van der Waals surface area contributed by atoms with Crippen molar-refractivity contribution in [1.82, 2.24) is 4.90 Å². The van der Waals surface area contributed by atoms with Crippen LogP contribution in [0, 0.1) is 12.8 Å². The van der Waals surface area contributed by atoms with Crippen LogP contribution in [0.3, 0.4) is 0 Å². The largest absolute Gasteiger partial charge is 0.326 e. The van der Waals surface area contributed by atoms with E-state index in [2.05, 4.69) is 34.5 Å². The molecule has 3 rings (SSSR count). The van der Waals surface area contributed by atoms with Crippen LogP contribution in [0.15, 0.2) is 54.6 Å². The highest BCUT2D eigenvalue weighted by Crippen LogP contribution is 2.21. The Bertz CT molecular complexity index is 639. The third-order valence-corrected chi connectivity index (χ3v) is 4.30. The van der Waals surface area contributed by atoms with Crippen LogP contribution in [0.25, 0.3) is 0 Å². The molecule has 114 valence electrons. The Morgan fingerprint density at radius 2 is 1.86 bits per heavy atom. The number of rotatable bonds is 4. The van der Waals surface area contributed by atoms with E-state index in [0.717, 1.165) is 37.3 Å². The molecule has 3 heteroatoms. The van der Waals surface area contributed by atoms with Gasteiger partial charge in [0.2, 0.25) is 5.91 Å². The summed E-state index contributed by atoms with van der Waals surface area (Å²) < 4.78 is 0. The minimum atomic E-state index is 0.0864. The zero-order valence-corrected chi connectivity index (χ0v) is 13.0. The molecule has 1 fully saturated rings. The molecule has 1 N–H and O–H groups in total. The average Bonchev–Trinajstić information content (AvgIpc) is 2.99. The lowest BCUT2D eigenvalue weighted by Gasteiger charge is -2.16. The Kier molecular flexibility index (Phi) is 4.54. The van der Waals surface area contributed by atoms with E-state index in [9.17, 15) is 4.79 Å². The molecule has 0 radical (unpaired) electrons. The van der Waals surface area contributed by atoms with Crippen LogP contribution in [0.1, 0.15) is 17.5 Å². The lowest BCUT2D eigenvalue weighted by molar-refractivity contribution is -0.119. The van der Waals surface area contributed by atoms with Crippen LogP contribution in [0.2, 0.25) is 0 Å². The van der Waals surface area contributed by atoms with E-state index in [1.165, 1.54) is 5.56 Å². The summed E-state index contributed by atoms with van der Waals surface area (Å²) >= 11 is 0. The minimum Gasteiger partial charge on any atom is -0.326 e. The number of aryl methyl sites for hydroxylation is 1. The van der Waals surface area contributed by atoms with Crippen molar-refractivity contribution in [2.24, 2.45) is 5.92 Å². The number of benzene rings is 2. The average molecular weight is 294 g/mol. The van der Waals surface area contributed by atoms with Crippen LogP contribution in [-0.2, 0) is 11.3 Å². The highest BCUT2D eigenvalue weighted by molar-refractivity contribution is 5.93. The van der Waals surface area contributed by atoms with Crippen LogP contribution in [0.5, 0.6) is 0 Å². The van der Waals surface area contributed by atoms with Gasteiger partial charge in [0, 0.05) is 18.8 Å². The summed E-state index contributed by atoms with van der Waals surface area (Å²) in [7, 11) is 0. The first kappa shape index (κ1) is 14.8. The molecule has 0 aliphatic carbocycles. The van der Waals surface area contributed by atoms with Crippen molar-refractivity contribution >= 4 is 11.6 Å². The maximum absolute atomic E-state index is 12.4. The van der Waals surface area contributed by atoms with Gasteiger partial charge >= 0.3 is 0 Å². The Hall–Kier alpha value is -2.13. The summed E-state index contributed by atoms with van der Waals surface area (Å²) in [4.78, 5) is 14.8. The van der Waals surface area contributed by atoms with Crippen LogP contribution < -0.4 is 5.32 Å². The first-order valence-corrected chi connectivity index (χ1v) is 7.85. The van der Waals surface area contributed by atoms with Crippen molar-refractivity contribution in [2.75, 3.05) is 18.4 Å². The number of nitrogens with zero attached hydrogens (tertiary/aromatic N) is 1. The second kappa shape index (κ2) is 6.75. The highest BCUT2D eigenvalue weighted by atomic mass is 16.1. The molecule has 1 unspecified atom stereocenters. The van der Waals surface area contributed by atoms with Crippen LogP contribution in [-0.4, -0.2) is 23.9 Å². The Morgan fingerprint density at radius 3 is 2.64 bits per heavy atom. The summed E-state index contributed by atoms with van der Waals surface area (Å²) in [6, 6.07) is 18.4. The second-order valence-corrected chi connectivity index (χ2v) is 6.01. The molecule has 22 heavy (non-hydrogen) atoms. The maximum atomic E-state index is 12.4.